The van der Waals surface area contributed by atoms with E-state index in [9.17, 15) is 4.79 Å². The fraction of sp³-hybridized carbons (Fsp3) is 0.400. The first-order valence-corrected chi connectivity index (χ1v) is 5.23. The molecule has 0 spiro atoms. The molecule has 0 N–H and O–H groups in total. The van der Waals surface area contributed by atoms with Gasteiger partial charge in [-0.25, -0.2) is 0 Å². The smallest absolute Gasteiger partial charge is 0.128 e. The van der Waals surface area contributed by atoms with Crippen LogP contribution in [0.3, 0.4) is 0 Å². The zero-order valence-corrected chi connectivity index (χ0v) is 5.92. The minimum absolute atomic E-state index is 0.250. The molecule has 0 aromatic rings. The molecule has 2 heteroatoms. The number of allylic oxidation sites excluding steroid dienone is 1. The summed E-state index contributed by atoms with van der Waals surface area (Å²) in [6.07, 6.45) is 1.41. The first kappa shape index (κ1) is 6.63. The summed E-state index contributed by atoms with van der Waals surface area (Å²) in [5.41, 5.74) is 0. The first-order chi connectivity index (χ1) is 3.18. The Morgan fingerprint density at radius 3 is 2.14 bits per heavy atom. The van der Waals surface area contributed by atoms with E-state index in [1.165, 1.54) is 6.08 Å². The lowest BCUT2D eigenvalue weighted by Gasteiger charge is -1.90. The molecule has 0 amide bonds. The molecule has 0 bridgehead atoms. The van der Waals surface area contributed by atoms with Gasteiger partial charge in [0.25, 0.3) is 0 Å². The maximum Gasteiger partial charge on any atom is 0.128 e. The summed E-state index contributed by atoms with van der Waals surface area (Å²) in [5, 5.41) is 0.250. The summed E-state index contributed by atoms with van der Waals surface area (Å²) in [4.78, 5) is 10.5. The average Bonchev–Trinajstić information content (AvgIpc) is 1.65. The van der Waals surface area contributed by atoms with Crippen LogP contribution in [0.5, 0.6) is 0 Å². The van der Waals surface area contributed by atoms with E-state index in [1.807, 2.05) is 13.1 Å². The Morgan fingerprint density at radius 2 is 2.14 bits per heavy atom. The van der Waals surface area contributed by atoms with Crippen molar-refractivity contribution in [3.05, 3.63) is 12.7 Å². The van der Waals surface area contributed by atoms with Gasteiger partial charge < -0.3 is 4.79 Å². The van der Waals surface area contributed by atoms with Crippen LogP contribution in [-0.4, -0.2) is 14.2 Å². The van der Waals surface area contributed by atoms with E-state index in [0.717, 1.165) is 0 Å². The molecule has 0 aliphatic rings. The third-order valence-corrected chi connectivity index (χ3v) is 2.14. The second-order valence-electron chi connectivity index (χ2n) is 1.76. The Morgan fingerprint density at radius 1 is 1.71 bits per heavy atom. The van der Waals surface area contributed by atoms with Crippen molar-refractivity contribution in [2.24, 2.45) is 0 Å². The standard InChI is InChI=1S/C5H10OSi/c1-4-5(6)7(2)3/h4,7H,1H2,2-3H3. The van der Waals surface area contributed by atoms with Crippen LogP contribution in [0.2, 0.25) is 13.1 Å². The van der Waals surface area contributed by atoms with Gasteiger partial charge in [-0.2, -0.15) is 0 Å². The lowest BCUT2D eigenvalue weighted by Crippen LogP contribution is -2.13. The summed E-state index contributed by atoms with van der Waals surface area (Å²) in [5.74, 6) is 0. The molecule has 0 heterocycles. The third kappa shape index (κ3) is 2.34. The maximum absolute atomic E-state index is 10.5. The Bertz CT molecular complexity index is 86.1. The number of rotatable bonds is 2. The highest BCUT2D eigenvalue weighted by molar-refractivity contribution is 6.90. The van der Waals surface area contributed by atoms with Gasteiger partial charge in [-0.1, -0.05) is 19.7 Å². The summed E-state index contributed by atoms with van der Waals surface area (Å²) in [6, 6.07) is 0. The van der Waals surface area contributed by atoms with Crippen molar-refractivity contribution in [2.45, 2.75) is 13.1 Å². The van der Waals surface area contributed by atoms with Crippen LogP contribution in [0.1, 0.15) is 0 Å². The molecule has 0 radical (unpaired) electrons. The maximum atomic E-state index is 10.5. The van der Waals surface area contributed by atoms with Gasteiger partial charge >= 0.3 is 0 Å². The molecule has 0 unspecified atom stereocenters. The SMILES string of the molecule is C=CC(=O)[SiH](C)C. The second kappa shape index (κ2) is 2.74. The number of hydrogen-bond donors (Lipinski definition) is 0. The van der Waals surface area contributed by atoms with Crippen molar-refractivity contribution in [3.8, 4) is 0 Å². The second-order valence-corrected chi connectivity index (χ2v) is 4.64. The molecule has 0 saturated carbocycles. The van der Waals surface area contributed by atoms with E-state index in [2.05, 4.69) is 6.58 Å². The normalized spacial score (nSPS) is 9.00. The monoisotopic (exact) mass is 114 g/mol. The van der Waals surface area contributed by atoms with Gasteiger partial charge in [0.05, 0.1) is 0 Å². The minimum atomic E-state index is -1.02. The van der Waals surface area contributed by atoms with Crippen LogP contribution in [-0.2, 0) is 4.79 Å². The molecule has 0 aromatic carbocycles. The largest absolute Gasteiger partial charge is 0.301 e. The number of carbonyl (C=O) groups is 1. The van der Waals surface area contributed by atoms with Crippen LogP contribution in [0.25, 0.3) is 0 Å². The van der Waals surface area contributed by atoms with Gasteiger partial charge in [-0.15, -0.1) is 0 Å². The lowest BCUT2D eigenvalue weighted by molar-refractivity contribution is -0.108. The Hall–Kier alpha value is -0.373. The quantitative estimate of drug-likeness (QED) is 0.383. The van der Waals surface area contributed by atoms with Crippen molar-refractivity contribution in [2.75, 3.05) is 0 Å². The number of carbonyl (C=O) groups excluding carboxylic acids is 1. The van der Waals surface area contributed by atoms with E-state index in [1.54, 1.807) is 0 Å². The Balaban J connectivity index is 3.56. The molecular weight excluding hydrogens is 104 g/mol. The highest BCUT2D eigenvalue weighted by Gasteiger charge is 2.00. The average molecular weight is 114 g/mol. The predicted octanol–water partition coefficient (Wildman–Crippen LogP) is 0.767. The molecule has 0 aliphatic heterocycles. The zero-order chi connectivity index (χ0) is 5.86. The van der Waals surface area contributed by atoms with Crippen LogP contribution in [0, 0.1) is 0 Å². The van der Waals surface area contributed by atoms with Gasteiger partial charge in [0, 0.05) is 0 Å². The van der Waals surface area contributed by atoms with E-state index in [-0.39, 0.29) is 5.41 Å². The zero-order valence-electron chi connectivity index (χ0n) is 4.77. The molecule has 7 heavy (non-hydrogen) atoms. The fourth-order valence-electron chi connectivity index (χ4n) is 0.236. The van der Waals surface area contributed by atoms with Crippen molar-refractivity contribution in [1.82, 2.24) is 0 Å². The molecule has 0 aliphatic carbocycles. The first-order valence-electron chi connectivity index (χ1n) is 2.34. The van der Waals surface area contributed by atoms with E-state index >= 15 is 0 Å². The van der Waals surface area contributed by atoms with Gasteiger partial charge in [0.15, 0.2) is 0 Å². The van der Waals surface area contributed by atoms with Crippen molar-refractivity contribution in [3.63, 3.8) is 0 Å². The molecule has 0 fully saturated rings. The van der Waals surface area contributed by atoms with E-state index in [4.69, 9.17) is 0 Å². The van der Waals surface area contributed by atoms with Crippen molar-refractivity contribution >= 4 is 14.2 Å². The summed E-state index contributed by atoms with van der Waals surface area (Å²) >= 11 is 0. The molecular formula is C5H10OSi. The summed E-state index contributed by atoms with van der Waals surface area (Å²) < 4.78 is 0. The van der Waals surface area contributed by atoms with E-state index in [0.29, 0.717) is 0 Å². The molecule has 0 aromatic heterocycles. The van der Waals surface area contributed by atoms with E-state index < -0.39 is 8.80 Å². The molecule has 0 atom stereocenters. The van der Waals surface area contributed by atoms with Crippen molar-refractivity contribution in [1.29, 1.82) is 0 Å². The number of hydrogen-bond acceptors (Lipinski definition) is 1. The Labute approximate surface area is 45.6 Å². The predicted molar refractivity (Wildman–Crippen MR) is 34.1 cm³/mol. The van der Waals surface area contributed by atoms with Crippen LogP contribution in [0.4, 0.5) is 0 Å². The van der Waals surface area contributed by atoms with Crippen molar-refractivity contribution < 1.29 is 4.79 Å². The highest BCUT2D eigenvalue weighted by atomic mass is 28.3. The van der Waals surface area contributed by atoms with Gasteiger partial charge in [-0.05, 0) is 6.08 Å². The highest BCUT2D eigenvalue weighted by Crippen LogP contribution is 1.81. The fourth-order valence-corrected chi connectivity index (χ4v) is 0.707. The molecule has 1 nitrogen and oxygen atoms in total. The van der Waals surface area contributed by atoms with Crippen LogP contribution < -0.4 is 0 Å². The minimum Gasteiger partial charge on any atom is -0.301 e. The Kier molecular flexibility index (Phi) is 2.60. The molecule has 40 valence electrons. The topological polar surface area (TPSA) is 17.1 Å². The van der Waals surface area contributed by atoms with Crippen LogP contribution in [0.15, 0.2) is 12.7 Å². The van der Waals surface area contributed by atoms with Gasteiger partial charge in [-0.3, -0.25) is 0 Å². The van der Waals surface area contributed by atoms with Gasteiger partial charge in [0.1, 0.15) is 14.2 Å². The van der Waals surface area contributed by atoms with Gasteiger partial charge in [0.2, 0.25) is 0 Å². The summed E-state index contributed by atoms with van der Waals surface area (Å²) in [7, 11) is -1.02. The molecule has 0 rings (SSSR count). The summed E-state index contributed by atoms with van der Waals surface area (Å²) in [6.45, 7) is 7.35. The third-order valence-electron chi connectivity index (χ3n) is 0.770. The van der Waals surface area contributed by atoms with Crippen LogP contribution >= 0.6 is 0 Å². The molecule has 0 saturated heterocycles. The lowest BCUT2D eigenvalue weighted by atomic mass is 10.7.